The van der Waals surface area contributed by atoms with E-state index < -0.39 is 0 Å². The van der Waals surface area contributed by atoms with Crippen molar-refractivity contribution in [3.63, 3.8) is 0 Å². The molecule has 4 aromatic heterocycles. The van der Waals surface area contributed by atoms with Crippen molar-refractivity contribution in [1.82, 2.24) is 19.6 Å². The molecule has 0 aliphatic heterocycles. The predicted octanol–water partition coefficient (Wildman–Crippen LogP) is 6.73. The van der Waals surface area contributed by atoms with Crippen LogP contribution in [-0.4, -0.2) is 19.6 Å². The molecule has 0 bridgehead atoms. The second kappa shape index (κ2) is 6.73. The van der Waals surface area contributed by atoms with E-state index in [1.807, 2.05) is 15.9 Å². The fraction of sp³-hybridized carbons (Fsp3) is 0.478. The summed E-state index contributed by atoms with van der Waals surface area (Å²) >= 11 is 1.98. The molecule has 0 saturated heterocycles. The fourth-order valence-corrected chi connectivity index (χ4v) is 6.12. The van der Waals surface area contributed by atoms with Crippen LogP contribution in [0, 0.1) is 13.8 Å². The number of H-pyrrole nitrogens is 1. The summed E-state index contributed by atoms with van der Waals surface area (Å²) in [4.78, 5) is 11.1. The molecule has 1 saturated carbocycles. The third-order valence-corrected chi connectivity index (χ3v) is 7.74. The lowest BCUT2D eigenvalue weighted by Crippen LogP contribution is -2.02. The van der Waals surface area contributed by atoms with Gasteiger partial charge in [0, 0.05) is 22.0 Å². The molecule has 0 aromatic carbocycles. The zero-order chi connectivity index (χ0) is 19.4. The molecule has 0 amide bonds. The molecule has 1 aliphatic rings. The van der Waals surface area contributed by atoms with E-state index in [4.69, 9.17) is 0 Å². The minimum atomic E-state index is 0.462. The maximum absolute atomic E-state index is 4.41. The second-order valence-corrected chi connectivity index (χ2v) is 9.70. The van der Waals surface area contributed by atoms with Gasteiger partial charge in [0.05, 0.1) is 5.69 Å². The summed E-state index contributed by atoms with van der Waals surface area (Å²) in [5.41, 5.74) is 7.36. The lowest BCUT2D eigenvalue weighted by molar-refractivity contribution is 0.448. The molecule has 4 aromatic rings. The maximum atomic E-state index is 4.41. The predicted molar refractivity (Wildman–Crippen MR) is 118 cm³/mol. The number of aromatic nitrogens is 4. The van der Waals surface area contributed by atoms with Crippen molar-refractivity contribution < 1.29 is 0 Å². The molecule has 0 atom stereocenters. The molecule has 5 rings (SSSR count). The summed E-state index contributed by atoms with van der Waals surface area (Å²) in [5, 5.41) is 5.81. The largest absolute Gasteiger partial charge is 0.346 e. The Morgan fingerprint density at radius 3 is 2.68 bits per heavy atom. The Bertz CT molecular complexity index is 1150. The van der Waals surface area contributed by atoms with E-state index in [1.165, 1.54) is 70.3 Å². The van der Waals surface area contributed by atoms with E-state index in [9.17, 15) is 0 Å². The van der Waals surface area contributed by atoms with Crippen LogP contribution in [0.2, 0.25) is 0 Å². The van der Waals surface area contributed by atoms with Gasteiger partial charge in [-0.15, -0.1) is 11.3 Å². The average Bonchev–Trinajstić information content (AvgIpc) is 3.38. The summed E-state index contributed by atoms with van der Waals surface area (Å²) in [7, 11) is 0. The maximum Gasteiger partial charge on any atom is 0.158 e. The average molecular weight is 393 g/mol. The van der Waals surface area contributed by atoms with Crippen molar-refractivity contribution in [2.24, 2.45) is 0 Å². The van der Waals surface area contributed by atoms with Crippen molar-refractivity contribution in [3.05, 3.63) is 40.2 Å². The number of hydrogen-bond donors (Lipinski definition) is 1. The molecule has 1 fully saturated rings. The van der Waals surface area contributed by atoms with Gasteiger partial charge in [-0.3, -0.25) is 0 Å². The van der Waals surface area contributed by atoms with Gasteiger partial charge in [0.1, 0.15) is 11.2 Å². The highest BCUT2D eigenvalue weighted by Gasteiger charge is 2.24. The van der Waals surface area contributed by atoms with Crippen molar-refractivity contribution >= 4 is 27.2 Å². The minimum absolute atomic E-state index is 0.462. The van der Waals surface area contributed by atoms with Gasteiger partial charge in [-0.05, 0) is 61.3 Å². The molecular weight excluding hydrogens is 364 g/mol. The number of fused-ring (bicyclic) bond motifs is 2. The van der Waals surface area contributed by atoms with E-state index >= 15 is 0 Å². The van der Waals surface area contributed by atoms with Gasteiger partial charge in [0.25, 0.3) is 0 Å². The van der Waals surface area contributed by atoms with Crippen LogP contribution < -0.4 is 0 Å². The number of nitrogens with zero attached hydrogens (tertiary/aromatic N) is 3. The molecule has 0 spiro atoms. The lowest BCUT2D eigenvalue weighted by Gasteiger charge is -2.20. The molecule has 0 unspecified atom stereocenters. The van der Waals surface area contributed by atoms with E-state index in [0.29, 0.717) is 5.92 Å². The third kappa shape index (κ3) is 2.71. The van der Waals surface area contributed by atoms with Crippen LogP contribution in [0.1, 0.15) is 79.4 Å². The smallest absolute Gasteiger partial charge is 0.158 e. The fourth-order valence-electron chi connectivity index (χ4n) is 4.87. The van der Waals surface area contributed by atoms with Gasteiger partial charge >= 0.3 is 0 Å². The van der Waals surface area contributed by atoms with Crippen LogP contribution in [-0.2, 0) is 0 Å². The molecule has 5 heteroatoms. The zero-order valence-electron chi connectivity index (χ0n) is 17.2. The molecule has 4 heterocycles. The Morgan fingerprint density at radius 1 is 1.14 bits per heavy atom. The van der Waals surface area contributed by atoms with E-state index in [1.54, 1.807) is 11.2 Å². The van der Waals surface area contributed by atoms with E-state index in [-0.39, 0.29) is 0 Å². The van der Waals surface area contributed by atoms with Crippen LogP contribution in [0.5, 0.6) is 0 Å². The third-order valence-electron chi connectivity index (χ3n) is 6.53. The highest BCUT2D eigenvalue weighted by molar-refractivity contribution is 7.18. The molecule has 0 radical (unpaired) electrons. The van der Waals surface area contributed by atoms with Gasteiger partial charge in [-0.25, -0.2) is 9.50 Å². The van der Waals surface area contributed by atoms with Gasteiger partial charge in [-0.1, -0.05) is 33.1 Å². The first kappa shape index (κ1) is 17.9. The number of thiophene rings is 1. The first-order valence-corrected chi connectivity index (χ1v) is 11.3. The van der Waals surface area contributed by atoms with Gasteiger partial charge in [0.2, 0.25) is 0 Å². The molecule has 1 aliphatic carbocycles. The Kier molecular flexibility index (Phi) is 4.31. The number of pyridine rings is 1. The quantitative estimate of drug-likeness (QED) is 0.420. The SMILES string of the molecule is Cc1c(-c2[nH]c3sc(C4CCCCC4)cc3c2C(C)C)cn2ncnc2c1C. The van der Waals surface area contributed by atoms with Crippen molar-refractivity contribution in [3.8, 4) is 11.3 Å². The Hall–Kier alpha value is -2.14. The minimum Gasteiger partial charge on any atom is -0.346 e. The molecular formula is C23H28N4S. The summed E-state index contributed by atoms with van der Waals surface area (Å²) in [6.07, 6.45) is 10.7. The Labute approximate surface area is 170 Å². The Morgan fingerprint density at radius 2 is 1.93 bits per heavy atom. The molecule has 28 heavy (non-hydrogen) atoms. The topological polar surface area (TPSA) is 46.0 Å². The van der Waals surface area contributed by atoms with E-state index in [2.05, 4.69) is 55.0 Å². The molecule has 4 nitrogen and oxygen atoms in total. The first-order valence-electron chi connectivity index (χ1n) is 10.5. The van der Waals surface area contributed by atoms with Crippen LogP contribution >= 0.6 is 11.3 Å². The van der Waals surface area contributed by atoms with Crippen LogP contribution in [0.15, 0.2) is 18.6 Å². The van der Waals surface area contributed by atoms with E-state index in [0.717, 1.165) is 11.6 Å². The van der Waals surface area contributed by atoms with Crippen molar-refractivity contribution in [1.29, 1.82) is 0 Å². The monoisotopic (exact) mass is 392 g/mol. The Balaban J connectivity index is 1.68. The number of rotatable bonds is 3. The van der Waals surface area contributed by atoms with Crippen LogP contribution in [0.4, 0.5) is 0 Å². The van der Waals surface area contributed by atoms with Gasteiger partial charge < -0.3 is 4.98 Å². The summed E-state index contributed by atoms with van der Waals surface area (Å²) in [6.45, 7) is 8.96. The normalized spacial score (nSPS) is 16.0. The summed E-state index contributed by atoms with van der Waals surface area (Å²) in [5.74, 6) is 1.22. The van der Waals surface area contributed by atoms with Crippen molar-refractivity contribution in [2.75, 3.05) is 0 Å². The first-order chi connectivity index (χ1) is 13.5. The number of hydrogen-bond acceptors (Lipinski definition) is 3. The lowest BCUT2D eigenvalue weighted by atomic mass is 9.88. The number of nitrogens with one attached hydrogen (secondary N) is 1. The van der Waals surface area contributed by atoms with Gasteiger partial charge in [0.15, 0.2) is 5.65 Å². The number of aryl methyl sites for hydroxylation is 1. The molecule has 146 valence electrons. The summed E-state index contributed by atoms with van der Waals surface area (Å²) in [6, 6.07) is 2.49. The van der Waals surface area contributed by atoms with Crippen LogP contribution in [0.25, 0.3) is 27.1 Å². The van der Waals surface area contributed by atoms with Crippen LogP contribution in [0.3, 0.4) is 0 Å². The molecule has 1 N–H and O–H groups in total. The zero-order valence-corrected chi connectivity index (χ0v) is 18.0. The highest BCUT2D eigenvalue weighted by atomic mass is 32.1. The summed E-state index contributed by atoms with van der Waals surface area (Å²) < 4.78 is 1.91. The second-order valence-electron chi connectivity index (χ2n) is 8.62. The number of aromatic amines is 1. The highest BCUT2D eigenvalue weighted by Crippen LogP contribution is 2.44. The standard InChI is InChI=1S/C23H28N4S/c1-13(2)20-17-10-19(16-8-6-5-7-9-16)28-23(17)26-21(20)18-11-27-22(24-12-25-27)15(4)14(18)3/h10-13,16,26H,5-9H2,1-4H3. The van der Waals surface area contributed by atoms with Crippen molar-refractivity contribution in [2.45, 2.75) is 71.6 Å². The van der Waals surface area contributed by atoms with Gasteiger partial charge in [-0.2, -0.15) is 5.10 Å².